The Labute approximate surface area is 77.0 Å². The summed E-state index contributed by atoms with van der Waals surface area (Å²) in [5, 5.41) is 1.26. The summed E-state index contributed by atoms with van der Waals surface area (Å²) in [6.07, 6.45) is -4.34. The van der Waals surface area contributed by atoms with Crippen molar-refractivity contribution in [1.29, 1.82) is 0 Å². The van der Waals surface area contributed by atoms with Gasteiger partial charge in [0, 0.05) is 11.9 Å². The molecule has 70 valence electrons. The molecule has 7 heteroatoms. The van der Waals surface area contributed by atoms with Gasteiger partial charge in [-0.15, -0.1) is 23.7 Å². The van der Waals surface area contributed by atoms with E-state index in [9.17, 15) is 13.2 Å². The van der Waals surface area contributed by atoms with Crippen LogP contribution in [0, 0.1) is 0 Å². The lowest BCUT2D eigenvalue weighted by Gasteiger charge is -1.99. The summed E-state index contributed by atoms with van der Waals surface area (Å²) in [5.41, 5.74) is 4.23. The van der Waals surface area contributed by atoms with Gasteiger partial charge in [-0.3, -0.25) is 0 Å². The van der Waals surface area contributed by atoms with Crippen molar-refractivity contribution in [3.05, 3.63) is 16.1 Å². The van der Waals surface area contributed by atoms with Gasteiger partial charge in [-0.05, 0) is 0 Å². The van der Waals surface area contributed by atoms with E-state index < -0.39 is 11.9 Å². The minimum atomic E-state index is -4.34. The van der Waals surface area contributed by atoms with E-state index in [1.807, 2.05) is 0 Å². The zero-order chi connectivity index (χ0) is 8.48. The second kappa shape index (κ2) is 4.06. The quantitative estimate of drug-likeness (QED) is 0.784. The molecule has 0 amide bonds. The normalized spacial score (nSPS) is 11.0. The number of alkyl halides is 3. The molecule has 1 heterocycles. The maximum atomic E-state index is 11.8. The summed E-state index contributed by atoms with van der Waals surface area (Å²) in [6.45, 7) is 0.0563. The minimum Gasteiger partial charge on any atom is -0.325 e. The molecule has 0 aliphatic heterocycles. The van der Waals surface area contributed by atoms with Gasteiger partial charge in [-0.1, -0.05) is 0 Å². The van der Waals surface area contributed by atoms with Crippen LogP contribution in [0.15, 0.2) is 5.38 Å². The van der Waals surface area contributed by atoms with E-state index in [4.69, 9.17) is 5.73 Å². The molecule has 12 heavy (non-hydrogen) atoms. The molecule has 2 N–H and O–H groups in total. The molecule has 1 aromatic heterocycles. The Hall–Kier alpha value is -0.330. The predicted octanol–water partition coefficient (Wildman–Crippen LogP) is 2.04. The maximum Gasteiger partial charge on any atom is 0.434 e. The lowest BCUT2D eigenvalue weighted by molar-refractivity contribution is -0.140. The van der Waals surface area contributed by atoms with Gasteiger partial charge < -0.3 is 5.73 Å². The third kappa shape index (κ3) is 2.62. The van der Waals surface area contributed by atoms with Gasteiger partial charge in [0.05, 0.1) is 0 Å². The lowest BCUT2D eigenvalue weighted by atomic mass is 10.5. The maximum absolute atomic E-state index is 11.8. The van der Waals surface area contributed by atoms with Crippen molar-refractivity contribution in [3.8, 4) is 0 Å². The summed E-state index contributed by atoms with van der Waals surface area (Å²) in [4.78, 5) is 3.27. The monoisotopic (exact) mass is 218 g/mol. The molecule has 0 saturated heterocycles. The Morgan fingerprint density at radius 2 is 2.08 bits per heavy atom. The molecule has 0 aromatic carbocycles. The SMILES string of the molecule is Cl.NCc1nc(C(F)(F)F)cs1. The van der Waals surface area contributed by atoms with E-state index in [0.29, 0.717) is 5.01 Å². The van der Waals surface area contributed by atoms with E-state index in [1.165, 1.54) is 0 Å². The van der Waals surface area contributed by atoms with Gasteiger partial charge in [0.2, 0.25) is 0 Å². The largest absolute Gasteiger partial charge is 0.434 e. The summed E-state index contributed by atoms with van der Waals surface area (Å²) < 4.78 is 35.5. The Morgan fingerprint density at radius 3 is 2.33 bits per heavy atom. The number of nitrogens with two attached hydrogens (primary N) is 1. The fourth-order valence-corrected chi connectivity index (χ4v) is 1.22. The molecule has 0 atom stereocenters. The highest BCUT2D eigenvalue weighted by molar-refractivity contribution is 7.09. The number of halogens is 4. The minimum absolute atomic E-state index is 0. The average molecular weight is 219 g/mol. The lowest BCUT2D eigenvalue weighted by Crippen LogP contribution is -2.06. The second-order valence-corrected chi connectivity index (χ2v) is 2.77. The van der Waals surface area contributed by atoms with Gasteiger partial charge in [-0.25, -0.2) is 4.98 Å². The van der Waals surface area contributed by atoms with E-state index in [-0.39, 0.29) is 19.0 Å². The third-order valence-electron chi connectivity index (χ3n) is 1.02. The van der Waals surface area contributed by atoms with Crippen molar-refractivity contribution in [2.45, 2.75) is 12.7 Å². The molecule has 1 rings (SSSR count). The molecular weight excluding hydrogens is 213 g/mol. The van der Waals surface area contributed by atoms with Crippen LogP contribution in [0.5, 0.6) is 0 Å². The number of rotatable bonds is 1. The van der Waals surface area contributed by atoms with Gasteiger partial charge in [0.1, 0.15) is 5.01 Å². The molecule has 0 fully saturated rings. The van der Waals surface area contributed by atoms with Crippen LogP contribution in [-0.4, -0.2) is 4.98 Å². The van der Waals surface area contributed by atoms with Crippen molar-refractivity contribution in [3.63, 3.8) is 0 Å². The number of aromatic nitrogens is 1. The first-order valence-corrected chi connectivity index (χ1v) is 3.63. The highest BCUT2D eigenvalue weighted by Crippen LogP contribution is 2.29. The standard InChI is InChI=1S/C5H5F3N2S.ClH/c6-5(7,8)3-2-11-4(1-9)10-3;/h2H,1,9H2;1H. The van der Waals surface area contributed by atoms with Crippen molar-refractivity contribution in [2.75, 3.05) is 0 Å². The molecule has 1 aromatic rings. The molecular formula is C5H6ClF3N2S. The van der Waals surface area contributed by atoms with Crippen LogP contribution in [0.3, 0.4) is 0 Å². The van der Waals surface area contributed by atoms with Crippen LogP contribution in [0.2, 0.25) is 0 Å². The molecule has 2 nitrogen and oxygen atoms in total. The van der Waals surface area contributed by atoms with Crippen LogP contribution in [0.1, 0.15) is 10.7 Å². The summed E-state index contributed by atoms with van der Waals surface area (Å²) in [7, 11) is 0. The van der Waals surface area contributed by atoms with Crippen LogP contribution in [-0.2, 0) is 12.7 Å². The number of nitrogens with zero attached hydrogens (tertiary/aromatic N) is 1. The Bertz CT molecular complexity index is 247. The van der Waals surface area contributed by atoms with Crippen molar-refractivity contribution in [1.82, 2.24) is 4.98 Å². The number of hydrogen-bond donors (Lipinski definition) is 1. The highest BCUT2D eigenvalue weighted by atomic mass is 35.5. The molecule has 0 unspecified atom stereocenters. The zero-order valence-electron chi connectivity index (χ0n) is 5.76. The third-order valence-corrected chi connectivity index (χ3v) is 1.89. The molecule has 0 bridgehead atoms. The first-order chi connectivity index (χ1) is 5.04. The topological polar surface area (TPSA) is 38.9 Å². The van der Waals surface area contributed by atoms with E-state index in [2.05, 4.69) is 4.98 Å². The molecule has 0 saturated carbocycles. The molecule has 0 aliphatic rings. The molecule has 0 spiro atoms. The smallest absolute Gasteiger partial charge is 0.325 e. The average Bonchev–Trinajstić information content (AvgIpc) is 2.32. The Kier molecular flexibility index (Phi) is 3.95. The zero-order valence-corrected chi connectivity index (χ0v) is 7.39. The van der Waals surface area contributed by atoms with Gasteiger partial charge in [0.15, 0.2) is 5.69 Å². The predicted molar refractivity (Wildman–Crippen MR) is 42.3 cm³/mol. The van der Waals surface area contributed by atoms with E-state index in [1.54, 1.807) is 0 Å². The van der Waals surface area contributed by atoms with Crippen molar-refractivity contribution in [2.24, 2.45) is 5.73 Å². The Morgan fingerprint density at radius 1 is 1.50 bits per heavy atom. The highest BCUT2D eigenvalue weighted by Gasteiger charge is 2.33. The van der Waals surface area contributed by atoms with Crippen LogP contribution < -0.4 is 5.73 Å². The van der Waals surface area contributed by atoms with Crippen molar-refractivity contribution < 1.29 is 13.2 Å². The molecule has 0 radical (unpaired) electrons. The fraction of sp³-hybridized carbons (Fsp3) is 0.400. The summed E-state index contributed by atoms with van der Waals surface area (Å²) in [5.74, 6) is 0. The van der Waals surface area contributed by atoms with Crippen LogP contribution >= 0.6 is 23.7 Å². The first kappa shape index (κ1) is 11.7. The van der Waals surface area contributed by atoms with Crippen molar-refractivity contribution >= 4 is 23.7 Å². The Balaban J connectivity index is 0.00000121. The van der Waals surface area contributed by atoms with Crippen LogP contribution in [0.25, 0.3) is 0 Å². The number of hydrogen-bond acceptors (Lipinski definition) is 3. The summed E-state index contributed by atoms with van der Waals surface area (Å²) >= 11 is 0.920. The van der Waals surface area contributed by atoms with E-state index in [0.717, 1.165) is 16.7 Å². The summed E-state index contributed by atoms with van der Waals surface area (Å²) in [6, 6.07) is 0. The van der Waals surface area contributed by atoms with Gasteiger partial charge in [0.25, 0.3) is 0 Å². The first-order valence-electron chi connectivity index (χ1n) is 2.75. The van der Waals surface area contributed by atoms with E-state index >= 15 is 0 Å². The van der Waals surface area contributed by atoms with Gasteiger partial charge in [-0.2, -0.15) is 13.2 Å². The fourth-order valence-electron chi connectivity index (χ4n) is 0.535. The van der Waals surface area contributed by atoms with Crippen LogP contribution in [0.4, 0.5) is 13.2 Å². The second-order valence-electron chi connectivity index (χ2n) is 1.83. The molecule has 0 aliphatic carbocycles. The van der Waals surface area contributed by atoms with Gasteiger partial charge >= 0.3 is 6.18 Å². The number of thiazole rings is 1.